The van der Waals surface area contributed by atoms with Gasteiger partial charge in [-0.15, -0.1) is 0 Å². The molecule has 3 rings (SSSR count). The fourth-order valence-electron chi connectivity index (χ4n) is 3.30. The Morgan fingerprint density at radius 1 is 1.24 bits per heavy atom. The molecular weight excluding hydrogens is 262 g/mol. The topological polar surface area (TPSA) is 60.2 Å². The first-order valence-corrected chi connectivity index (χ1v) is 7.74. The largest absolute Gasteiger partial charge is 0.497 e. The van der Waals surface area contributed by atoms with Crippen molar-refractivity contribution >= 4 is 16.7 Å². The molecule has 2 aromatic rings. The molecule has 0 atom stereocenters. The molecule has 3 N–H and O–H groups in total. The van der Waals surface area contributed by atoms with Gasteiger partial charge in [0.25, 0.3) is 0 Å². The van der Waals surface area contributed by atoms with Gasteiger partial charge < -0.3 is 10.2 Å². The van der Waals surface area contributed by atoms with Gasteiger partial charge in [0, 0.05) is 11.5 Å². The van der Waals surface area contributed by atoms with Crippen LogP contribution in [0.5, 0.6) is 5.75 Å². The molecule has 1 fully saturated rings. The van der Waals surface area contributed by atoms with Crippen LogP contribution in [0.3, 0.4) is 0 Å². The molecule has 1 saturated carbocycles. The van der Waals surface area contributed by atoms with E-state index in [0.29, 0.717) is 0 Å². The Bertz CT molecular complexity index is 621. The number of nitrogen functional groups attached to an aromatic ring is 1. The molecule has 4 heteroatoms. The highest BCUT2D eigenvalue weighted by Gasteiger charge is 2.16. The van der Waals surface area contributed by atoms with Gasteiger partial charge in [-0.25, -0.2) is 10.8 Å². The van der Waals surface area contributed by atoms with Crippen LogP contribution in [0.4, 0.5) is 5.82 Å². The van der Waals surface area contributed by atoms with Gasteiger partial charge in [0.2, 0.25) is 0 Å². The van der Waals surface area contributed by atoms with Crippen molar-refractivity contribution in [1.82, 2.24) is 4.98 Å². The number of anilines is 1. The standard InChI is InChI=1S/C17H23N3O/c1-21-15-8-7-13-10-14(9-12-5-3-2-4-6-12)17(20-18)19-16(13)11-15/h7-8,10-12H,2-6,9,18H2,1H3,(H,19,20). The smallest absolute Gasteiger partial charge is 0.143 e. The molecule has 21 heavy (non-hydrogen) atoms. The van der Waals surface area contributed by atoms with Gasteiger partial charge in [0.1, 0.15) is 11.6 Å². The third-order valence-electron chi connectivity index (χ3n) is 4.47. The van der Waals surface area contributed by atoms with Crippen LogP contribution in [0, 0.1) is 5.92 Å². The molecule has 0 bridgehead atoms. The van der Waals surface area contributed by atoms with Crippen LogP contribution in [0.1, 0.15) is 37.7 Å². The van der Waals surface area contributed by atoms with Crippen molar-refractivity contribution in [3.63, 3.8) is 0 Å². The molecule has 0 spiro atoms. The maximum atomic E-state index is 5.67. The number of hydrogen-bond donors (Lipinski definition) is 2. The quantitative estimate of drug-likeness (QED) is 0.665. The lowest BCUT2D eigenvalue weighted by atomic mass is 9.85. The summed E-state index contributed by atoms with van der Waals surface area (Å²) in [5.74, 6) is 8.05. The first kappa shape index (κ1) is 14.1. The van der Waals surface area contributed by atoms with E-state index in [2.05, 4.69) is 22.5 Å². The molecule has 0 radical (unpaired) electrons. The average molecular weight is 285 g/mol. The van der Waals surface area contributed by atoms with Crippen LogP contribution < -0.4 is 16.0 Å². The highest BCUT2D eigenvalue weighted by Crippen LogP contribution is 2.30. The van der Waals surface area contributed by atoms with Crippen molar-refractivity contribution < 1.29 is 4.74 Å². The molecule has 0 saturated heterocycles. The summed E-state index contributed by atoms with van der Waals surface area (Å²) in [5, 5.41) is 1.14. The van der Waals surface area contributed by atoms with Crippen molar-refractivity contribution in [3.8, 4) is 5.75 Å². The average Bonchev–Trinajstić information content (AvgIpc) is 2.54. The highest BCUT2D eigenvalue weighted by molar-refractivity contribution is 5.83. The van der Waals surface area contributed by atoms with Gasteiger partial charge in [-0.3, -0.25) is 0 Å². The van der Waals surface area contributed by atoms with E-state index in [1.54, 1.807) is 7.11 Å². The van der Waals surface area contributed by atoms with Crippen molar-refractivity contribution in [2.75, 3.05) is 12.5 Å². The second kappa shape index (κ2) is 6.31. The number of fused-ring (bicyclic) bond motifs is 1. The predicted octanol–water partition coefficient (Wildman–Crippen LogP) is 3.65. The maximum absolute atomic E-state index is 5.67. The van der Waals surface area contributed by atoms with Crippen molar-refractivity contribution in [2.24, 2.45) is 11.8 Å². The van der Waals surface area contributed by atoms with E-state index >= 15 is 0 Å². The minimum absolute atomic E-state index is 0.767. The van der Waals surface area contributed by atoms with Crippen molar-refractivity contribution in [1.29, 1.82) is 0 Å². The lowest BCUT2D eigenvalue weighted by molar-refractivity contribution is 0.357. The molecule has 1 aliphatic rings. The fourth-order valence-corrected chi connectivity index (χ4v) is 3.30. The van der Waals surface area contributed by atoms with E-state index < -0.39 is 0 Å². The molecule has 1 aromatic carbocycles. The number of benzene rings is 1. The molecule has 0 amide bonds. The number of aromatic nitrogens is 1. The number of ether oxygens (including phenoxy) is 1. The minimum atomic E-state index is 0.767. The summed E-state index contributed by atoms with van der Waals surface area (Å²) < 4.78 is 5.26. The number of nitrogens with one attached hydrogen (secondary N) is 1. The zero-order valence-electron chi connectivity index (χ0n) is 12.6. The number of nitrogens with two attached hydrogens (primary N) is 1. The van der Waals surface area contributed by atoms with E-state index in [0.717, 1.165) is 34.8 Å². The van der Waals surface area contributed by atoms with Crippen LogP contribution in [0.2, 0.25) is 0 Å². The third-order valence-corrected chi connectivity index (χ3v) is 4.47. The van der Waals surface area contributed by atoms with E-state index in [1.165, 1.54) is 37.7 Å². The Balaban J connectivity index is 1.93. The number of nitrogens with zero attached hydrogens (tertiary/aromatic N) is 1. The third kappa shape index (κ3) is 3.10. The molecular formula is C17H23N3O. The normalized spacial score (nSPS) is 16.1. The van der Waals surface area contributed by atoms with Gasteiger partial charge in [-0.05, 0) is 36.1 Å². The molecule has 0 aliphatic heterocycles. The Labute approximate surface area is 125 Å². The van der Waals surface area contributed by atoms with E-state index in [9.17, 15) is 0 Å². The van der Waals surface area contributed by atoms with Crippen LogP contribution in [0.25, 0.3) is 10.9 Å². The molecule has 1 aromatic heterocycles. The second-order valence-corrected chi connectivity index (χ2v) is 5.91. The Hall–Kier alpha value is -1.81. The molecule has 1 aliphatic carbocycles. The van der Waals surface area contributed by atoms with Gasteiger partial charge in [0.05, 0.1) is 12.6 Å². The van der Waals surface area contributed by atoms with Gasteiger partial charge in [-0.2, -0.15) is 0 Å². The molecule has 112 valence electrons. The lowest BCUT2D eigenvalue weighted by Gasteiger charge is -2.22. The van der Waals surface area contributed by atoms with Gasteiger partial charge >= 0.3 is 0 Å². The summed E-state index contributed by atoms with van der Waals surface area (Å²) in [5.41, 5.74) is 4.90. The number of hydrazine groups is 1. The van der Waals surface area contributed by atoms with Crippen molar-refractivity contribution in [3.05, 3.63) is 29.8 Å². The summed E-state index contributed by atoms with van der Waals surface area (Å²) >= 11 is 0. The Morgan fingerprint density at radius 2 is 2.05 bits per heavy atom. The summed E-state index contributed by atoms with van der Waals surface area (Å²) in [4.78, 5) is 4.65. The van der Waals surface area contributed by atoms with Crippen LogP contribution in [-0.4, -0.2) is 12.1 Å². The Kier molecular flexibility index (Phi) is 4.25. The van der Waals surface area contributed by atoms with E-state index in [-0.39, 0.29) is 0 Å². The first-order chi connectivity index (χ1) is 10.3. The second-order valence-electron chi connectivity index (χ2n) is 5.91. The summed E-state index contributed by atoms with van der Waals surface area (Å²) in [6, 6.07) is 8.20. The van der Waals surface area contributed by atoms with E-state index in [4.69, 9.17) is 10.6 Å². The summed E-state index contributed by atoms with van der Waals surface area (Å²) in [6.45, 7) is 0. The number of pyridine rings is 1. The SMILES string of the molecule is COc1ccc2cc(CC3CCCCC3)c(NN)nc2c1. The van der Waals surface area contributed by atoms with Gasteiger partial charge in [-0.1, -0.05) is 32.1 Å². The minimum Gasteiger partial charge on any atom is -0.497 e. The van der Waals surface area contributed by atoms with Gasteiger partial charge in [0.15, 0.2) is 0 Å². The first-order valence-electron chi connectivity index (χ1n) is 7.74. The monoisotopic (exact) mass is 285 g/mol. The number of methoxy groups -OCH3 is 1. The van der Waals surface area contributed by atoms with Crippen LogP contribution in [0.15, 0.2) is 24.3 Å². The predicted molar refractivity (Wildman–Crippen MR) is 86.4 cm³/mol. The highest BCUT2D eigenvalue weighted by atomic mass is 16.5. The zero-order chi connectivity index (χ0) is 14.7. The van der Waals surface area contributed by atoms with Crippen LogP contribution in [-0.2, 0) is 6.42 Å². The maximum Gasteiger partial charge on any atom is 0.143 e. The molecule has 1 heterocycles. The fraction of sp³-hybridized carbons (Fsp3) is 0.471. The number of rotatable bonds is 4. The number of hydrogen-bond acceptors (Lipinski definition) is 4. The summed E-state index contributed by atoms with van der Waals surface area (Å²) in [7, 11) is 1.67. The lowest BCUT2D eigenvalue weighted by Crippen LogP contribution is -2.15. The Morgan fingerprint density at radius 3 is 2.76 bits per heavy atom. The summed E-state index contributed by atoms with van der Waals surface area (Å²) in [6.07, 6.45) is 7.81. The van der Waals surface area contributed by atoms with Crippen LogP contribution >= 0.6 is 0 Å². The van der Waals surface area contributed by atoms with Crippen molar-refractivity contribution in [2.45, 2.75) is 38.5 Å². The van der Waals surface area contributed by atoms with E-state index in [1.807, 2.05) is 12.1 Å². The molecule has 4 nitrogen and oxygen atoms in total. The molecule has 0 unspecified atom stereocenters. The zero-order valence-corrected chi connectivity index (χ0v) is 12.6.